The summed E-state index contributed by atoms with van der Waals surface area (Å²) in [5.74, 6) is -1.04. The predicted octanol–water partition coefficient (Wildman–Crippen LogP) is 2.28. The van der Waals surface area contributed by atoms with Gasteiger partial charge in [0.25, 0.3) is 0 Å². The number of aromatic nitrogens is 1. The molecule has 0 saturated carbocycles. The standard InChI is InChI=1S/C16H18N2O3/c1-16(21)7-4-8-18(10-16)14-9-13(15(19)20)17-12-6-3-2-5-11(12)14/h2-3,5-6,9,21H,4,7-8,10H2,1H3,(H,19,20). The van der Waals surface area contributed by atoms with Crippen molar-refractivity contribution in [2.45, 2.75) is 25.4 Å². The topological polar surface area (TPSA) is 73.7 Å². The van der Waals surface area contributed by atoms with Gasteiger partial charge in [0.15, 0.2) is 5.69 Å². The summed E-state index contributed by atoms with van der Waals surface area (Å²) in [6, 6.07) is 9.11. The molecule has 2 aromatic rings. The molecule has 1 aliphatic heterocycles. The summed E-state index contributed by atoms with van der Waals surface area (Å²) in [7, 11) is 0. The summed E-state index contributed by atoms with van der Waals surface area (Å²) in [6.07, 6.45) is 1.64. The Morgan fingerprint density at radius 2 is 2.14 bits per heavy atom. The summed E-state index contributed by atoms with van der Waals surface area (Å²) >= 11 is 0. The fourth-order valence-corrected chi connectivity index (χ4v) is 2.95. The lowest BCUT2D eigenvalue weighted by atomic mass is 9.94. The second-order valence-electron chi connectivity index (χ2n) is 5.87. The first-order valence-corrected chi connectivity index (χ1v) is 7.07. The molecular formula is C16H18N2O3. The molecule has 0 spiro atoms. The molecule has 3 rings (SSSR count). The van der Waals surface area contributed by atoms with Gasteiger partial charge in [-0.15, -0.1) is 0 Å². The van der Waals surface area contributed by atoms with Crippen LogP contribution in [0.15, 0.2) is 30.3 Å². The van der Waals surface area contributed by atoms with Crippen LogP contribution in [0.1, 0.15) is 30.3 Å². The molecule has 0 amide bonds. The third-order valence-corrected chi connectivity index (χ3v) is 3.93. The van der Waals surface area contributed by atoms with Crippen molar-refractivity contribution >= 4 is 22.6 Å². The van der Waals surface area contributed by atoms with Gasteiger partial charge in [-0.05, 0) is 31.9 Å². The fourth-order valence-electron chi connectivity index (χ4n) is 2.95. The Morgan fingerprint density at radius 1 is 1.38 bits per heavy atom. The van der Waals surface area contributed by atoms with Crippen LogP contribution in [0.5, 0.6) is 0 Å². The number of anilines is 1. The van der Waals surface area contributed by atoms with E-state index in [1.54, 1.807) is 6.07 Å². The van der Waals surface area contributed by atoms with Crippen LogP contribution in [-0.2, 0) is 0 Å². The van der Waals surface area contributed by atoms with Crippen molar-refractivity contribution in [2.24, 2.45) is 0 Å². The minimum Gasteiger partial charge on any atom is -0.477 e. The lowest BCUT2D eigenvalue weighted by Gasteiger charge is -2.38. The number of para-hydroxylation sites is 1. The largest absolute Gasteiger partial charge is 0.477 e. The van der Waals surface area contributed by atoms with E-state index in [0.29, 0.717) is 12.1 Å². The van der Waals surface area contributed by atoms with Crippen molar-refractivity contribution in [3.8, 4) is 0 Å². The van der Waals surface area contributed by atoms with Crippen molar-refractivity contribution in [1.82, 2.24) is 4.98 Å². The predicted molar refractivity (Wildman–Crippen MR) is 80.8 cm³/mol. The molecule has 0 radical (unpaired) electrons. The SMILES string of the molecule is CC1(O)CCCN(c2cc(C(=O)O)nc3ccccc23)C1. The molecule has 21 heavy (non-hydrogen) atoms. The molecule has 5 nitrogen and oxygen atoms in total. The normalized spacial score (nSPS) is 22.5. The number of fused-ring (bicyclic) bond motifs is 1. The molecule has 2 heterocycles. The van der Waals surface area contributed by atoms with E-state index in [-0.39, 0.29) is 5.69 Å². The Morgan fingerprint density at radius 3 is 2.86 bits per heavy atom. The Hall–Kier alpha value is -2.14. The van der Waals surface area contributed by atoms with E-state index in [4.69, 9.17) is 0 Å². The van der Waals surface area contributed by atoms with Crippen LogP contribution in [0.25, 0.3) is 10.9 Å². The van der Waals surface area contributed by atoms with Gasteiger partial charge in [-0.25, -0.2) is 9.78 Å². The maximum atomic E-state index is 11.3. The second kappa shape index (κ2) is 5.00. The van der Waals surface area contributed by atoms with Gasteiger partial charge in [-0.1, -0.05) is 18.2 Å². The van der Waals surface area contributed by atoms with Gasteiger partial charge in [0.05, 0.1) is 11.1 Å². The molecule has 1 aromatic carbocycles. The number of β-amino-alcohol motifs (C(OH)–C–C–N with tert-alkyl or cyclic N) is 1. The van der Waals surface area contributed by atoms with Crippen molar-refractivity contribution < 1.29 is 15.0 Å². The molecule has 1 unspecified atom stereocenters. The van der Waals surface area contributed by atoms with E-state index in [1.165, 1.54) is 0 Å². The Bertz CT molecular complexity index is 697. The van der Waals surface area contributed by atoms with Crippen LogP contribution in [0, 0.1) is 0 Å². The molecule has 1 saturated heterocycles. The zero-order valence-electron chi connectivity index (χ0n) is 11.9. The average Bonchev–Trinajstić information content (AvgIpc) is 2.45. The summed E-state index contributed by atoms with van der Waals surface area (Å²) < 4.78 is 0. The number of piperidine rings is 1. The van der Waals surface area contributed by atoms with Crippen LogP contribution in [0.3, 0.4) is 0 Å². The van der Waals surface area contributed by atoms with Crippen LogP contribution >= 0.6 is 0 Å². The van der Waals surface area contributed by atoms with Crippen molar-refractivity contribution in [2.75, 3.05) is 18.0 Å². The molecule has 1 aliphatic rings. The van der Waals surface area contributed by atoms with E-state index in [1.807, 2.05) is 31.2 Å². The summed E-state index contributed by atoms with van der Waals surface area (Å²) in [5, 5.41) is 20.4. The smallest absolute Gasteiger partial charge is 0.354 e. The zero-order valence-corrected chi connectivity index (χ0v) is 11.9. The van der Waals surface area contributed by atoms with Crippen LogP contribution in [0.4, 0.5) is 5.69 Å². The fraction of sp³-hybridized carbons (Fsp3) is 0.375. The number of aromatic carboxylic acids is 1. The number of carbonyl (C=O) groups is 1. The summed E-state index contributed by atoms with van der Waals surface area (Å²) in [6.45, 7) is 3.13. The van der Waals surface area contributed by atoms with Gasteiger partial charge in [0.1, 0.15) is 0 Å². The zero-order chi connectivity index (χ0) is 15.0. The number of benzene rings is 1. The Kier molecular flexibility index (Phi) is 3.29. The van der Waals surface area contributed by atoms with Gasteiger partial charge in [-0.3, -0.25) is 0 Å². The summed E-state index contributed by atoms with van der Waals surface area (Å²) in [4.78, 5) is 17.5. The highest BCUT2D eigenvalue weighted by Gasteiger charge is 2.29. The molecule has 2 N–H and O–H groups in total. The maximum Gasteiger partial charge on any atom is 0.354 e. The first kappa shape index (κ1) is 13.8. The van der Waals surface area contributed by atoms with Crippen molar-refractivity contribution in [3.63, 3.8) is 0 Å². The third-order valence-electron chi connectivity index (χ3n) is 3.93. The van der Waals surface area contributed by atoms with Crippen molar-refractivity contribution in [1.29, 1.82) is 0 Å². The molecule has 1 aromatic heterocycles. The molecule has 0 bridgehead atoms. The van der Waals surface area contributed by atoms with Crippen molar-refractivity contribution in [3.05, 3.63) is 36.0 Å². The number of aliphatic hydroxyl groups is 1. The number of rotatable bonds is 2. The van der Waals surface area contributed by atoms with Gasteiger partial charge >= 0.3 is 5.97 Å². The number of nitrogens with zero attached hydrogens (tertiary/aromatic N) is 2. The third kappa shape index (κ3) is 2.69. The van der Waals surface area contributed by atoms with Crippen LogP contribution < -0.4 is 4.90 Å². The van der Waals surface area contributed by atoms with E-state index >= 15 is 0 Å². The first-order valence-electron chi connectivity index (χ1n) is 7.07. The molecule has 1 fully saturated rings. The van der Waals surface area contributed by atoms with Crippen LogP contribution in [-0.4, -0.2) is 39.9 Å². The Labute approximate surface area is 122 Å². The summed E-state index contributed by atoms with van der Waals surface area (Å²) in [5.41, 5.74) is 0.788. The minimum atomic E-state index is -1.04. The van der Waals surface area contributed by atoms with Gasteiger partial charge in [0.2, 0.25) is 0 Å². The lowest BCUT2D eigenvalue weighted by Crippen LogP contribution is -2.46. The maximum absolute atomic E-state index is 11.3. The molecule has 0 aliphatic carbocycles. The molecule has 110 valence electrons. The quantitative estimate of drug-likeness (QED) is 0.886. The molecular weight excluding hydrogens is 268 g/mol. The average molecular weight is 286 g/mol. The van der Waals surface area contributed by atoms with E-state index in [9.17, 15) is 15.0 Å². The highest BCUT2D eigenvalue weighted by atomic mass is 16.4. The number of carboxylic acids is 1. The van der Waals surface area contributed by atoms with Gasteiger partial charge in [-0.2, -0.15) is 0 Å². The highest BCUT2D eigenvalue weighted by molar-refractivity contribution is 5.97. The van der Waals surface area contributed by atoms with Gasteiger partial charge in [0, 0.05) is 24.2 Å². The molecule has 5 heteroatoms. The second-order valence-corrected chi connectivity index (χ2v) is 5.87. The van der Waals surface area contributed by atoms with E-state index in [2.05, 4.69) is 9.88 Å². The van der Waals surface area contributed by atoms with E-state index < -0.39 is 11.6 Å². The van der Waals surface area contributed by atoms with Gasteiger partial charge < -0.3 is 15.1 Å². The lowest BCUT2D eigenvalue weighted by molar-refractivity contribution is 0.0450. The van der Waals surface area contributed by atoms with Crippen LogP contribution in [0.2, 0.25) is 0 Å². The molecule has 1 atom stereocenters. The minimum absolute atomic E-state index is 0.0360. The monoisotopic (exact) mass is 286 g/mol. The Balaban J connectivity index is 2.13. The van der Waals surface area contributed by atoms with E-state index in [0.717, 1.165) is 30.5 Å². The number of hydrogen-bond acceptors (Lipinski definition) is 4. The first-order chi connectivity index (χ1) is 9.96. The number of hydrogen-bond donors (Lipinski definition) is 2. The number of carboxylic acid groups (broad SMARTS) is 1. The highest BCUT2D eigenvalue weighted by Crippen LogP contribution is 2.31. The number of pyridine rings is 1.